The topological polar surface area (TPSA) is 62.1 Å². The van der Waals surface area contributed by atoms with E-state index in [1.165, 1.54) is 11.3 Å². The molecule has 1 N–H and O–H groups in total. The molecule has 3 heterocycles. The summed E-state index contributed by atoms with van der Waals surface area (Å²) < 4.78 is 1.83. The van der Waals surface area contributed by atoms with E-state index in [4.69, 9.17) is 4.98 Å². The zero-order valence-corrected chi connectivity index (χ0v) is 19.4. The Hall–Kier alpha value is -3.71. The lowest BCUT2D eigenvalue weighted by atomic mass is 10.0. The van der Waals surface area contributed by atoms with Gasteiger partial charge in [-0.15, -0.1) is 0 Å². The number of nitrogens with one attached hydrogen (secondary N) is 1. The van der Waals surface area contributed by atoms with Crippen molar-refractivity contribution < 1.29 is 0 Å². The fraction of sp³-hybridized carbons (Fsp3) is 0.269. The van der Waals surface area contributed by atoms with Crippen LogP contribution in [0.1, 0.15) is 5.56 Å². The van der Waals surface area contributed by atoms with Crippen LogP contribution in [0.5, 0.6) is 0 Å². The molecule has 2 aromatic carbocycles. The van der Waals surface area contributed by atoms with Gasteiger partial charge in [-0.1, -0.05) is 29.8 Å². The van der Waals surface area contributed by atoms with Crippen LogP contribution in [-0.4, -0.2) is 57.9 Å². The number of rotatable bonds is 5. The van der Waals surface area contributed by atoms with E-state index in [1.54, 1.807) is 6.20 Å². The van der Waals surface area contributed by atoms with Crippen molar-refractivity contribution in [2.24, 2.45) is 7.05 Å². The summed E-state index contributed by atoms with van der Waals surface area (Å²) in [6, 6.07) is 18.8. The highest BCUT2D eigenvalue weighted by Crippen LogP contribution is 2.30. The monoisotopic (exact) mass is 439 g/mol. The number of hydrogen-bond acceptors (Lipinski definition) is 6. The predicted molar refractivity (Wildman–Crippen MR) is 134 cm³/mol. The first-order chi connectivity index (χ1) is 16.0. The van der Waals surface area contributed by atoms with Crippen molar-refractivity contribution in [1.29, 1.82) is 0 Å². The number of nitrogens with zero attached hydrogens (tertiary/aromatic N) is 6. The molecule has 7 nitrogen and oxygen atoms in total. The summed E-state index contributed by atoms with van der Waals surface area (Å²) in [7, 11) is 4.11. The van der Waals surface area contributed by atoms with E-state index in [0.717, 1.165) is 54.4 Å². The first-order valence-corrected chi connectivity index (χ1v) is 11.3. The second-order valence-corrected chi connectivity index (χ2v) is 8.66. The standard InChI is InChI=1S/C26H29N7/c1-19-4-6-20(7-5-19)25-23(18-32(3)30-25)24-12-13-27-26(29-24)28-21-8-10-22(11-9-21)33-16-14-31(2)15-17-33/h4-13,18H,14-17H2,1-3H3,(H,27,28,29). The van der Waals surface area contributed by atoms with Crippen LogP contribution in [0.15, 0.2) is 67.0 Å². The molecule has 2 aromatic heterocycles. The lowest BCUT2D eigenvalue weighted by Crippen LogP contribution is -2.44. The van der Waals surface area contributed by atoms with Crippen LogP contribution in [-0.2, 0) is 7.05 Å². The van der Waals surface area contributed by atoms with Crippen molar-refractivity contribution in [3.63, 3.8) is 0 Å². The lowest BCUT2D eigenvalue weighted by molar-refractivity contribution is 0.313. The fourth-order valence-corrected chi connectivity index (χ4v) is 4.12. The Labute approximate surface area is 194 Å². The van der Waals surface area contributed by atoms with Gasteiger partial charge in [-0.25, -0.2) is 9.97 Å². The van der Waals surface area contributed by atoms with Crippen molar-refractivity contribution >= 4 is 17.3 Å². The molecular formula is C26H29N7. The normalized spacial score (nSPS) is 14.5. The number of anilines is 3. The third kappa shape index (κ3) is 4.73. The minimum Gasteiger partial charge on any atom is -0.369 e. The highest BCUT2D eigenvalue weighted by molar-refractivity contribution is 5.79. The van der Waals surface area contributed by atoms with E-state index in [2.05, 4.69) is 87.7 Å². The van der Waals surface area contributed by atoms with E-state index in [1.807, 2.05) is 24.0 Å². The van der Waals surface area contributed by atoms with Gasteiger partial charge in [0.05, 0.1) is 5.69 Å². The van der Waals surface area contributed by atoms with Crippen LogP contribution in [0.25, 0.3) is 22.5 Å². The maximum atomic E-state index is 4.78. The maximum Gasteiger partial charge on any atom is 0.227 e. The van der Waals surface area contributed by atoms with Crippen molar-refractivity contribution in [2.45, 2.75) is 6.92 Å². The van der Waals surface area contributed by atoms with Gasteiger partial charge in [0, 0.05) is 68.1 Å². The van der Waals surface area contributed by atoms with Crippen LogP contribution in [0, 0.1) is 6.92 Å². The molecule has 0 spiro atoms. The van der Waals surface area contributed by atoms with Gasteiger partial charge in [0.1, 0.15) is 5.69 Å². The SMILES string of the molecule is Cc1ccc(-c2nn(C)cc2-c2ccnc(Nc3ccc(N4CCN(C)CC4)cc3)n2)cc1. The van der Waals surface area contributed by atoms with Gasteiger partial charge in [-0.3, -0.25) is 4.68 Å². The molecular weight excluding hydrogens is 410 g/mol. The average molecular weight is 440 g/mol. The molecule has 1 aliphatic rings. The van der Waals surface area contributed by atoms with Gasteiger partial charge in [-0.2, -0.15) is 5.10 Å². The van der Waals surface area contributed by atoms with E-state index < -0.39 is 0 Å². The van der Waals surface area contributed by atoms with Crippen molar-refractivity contribution in [2.75, 3.05) is 43.4 Å². The van der Waals surface area contributed by atoms with Gasteiger partial charge in [0.25, 0.3) is 0 Å². The van der Waals surface area contributed by atoms with Crippen molar-refractivity contribution in [3.8, 4) is 22.5 Å². The molecule has 33 heavy (non-hydrogen) atoms. The highest BCUT2D eigenvalue weighted by Gasteiger charge is 2.15. The van der Waals surface area contributed by atoms with Crippen molar-refractivity contribution in [1.82, 2.24) is 24.6 Å². The summed E-state index contributed by atoms with van der Waals surface area (Å²) in [4.78, 5) is 14.0. The van der Waals surface area contributed by atoms with E-state index in [-0.39, 0.29) is 0 Å². The number of likely N-dealkylation sites (N-methyl/N-ethyl adjacent to an activating group) is 1. The molecule has 0 radical (unpaired) electrons. The molecule has 1 fully saturated rings. The van der Waals surface area contributed by atoms with Gasteiger partial charge >= 0.3 is 0 Å². The average Bonchev–Trinajstić information content (AvgIpc) is 3.22. The predicted octanol–water partition coefficient (Wildman–Crippen LogP) is 4.35. The number of aryl methyl sites for hydroxylation is 2. The summed E-state index contributed by atoms with van der Waals surface area (Å²) in [5.74, 6) is 0.568. The van der Waals surface area contributed by atoms with Crippen LogP contribution in [0.2, 0.25) is 0 Å². The van der Waals surface area contributed by atoms with E-state index in [9.17, 15) is 0 Å². The number of hydrogen-bond donors (Lipinski definition) is 1. The second kappa shape index (κ2) is 9.03. The van der Waals surface area contributed by atoms with E-state index >= 15 is 0 Å². The van der Waals surface area contributed by atoms with Gasteiger partial charge < -0.3 is 15.1 Å². The summed E-state index contributed by atoms with van der Waals surface area (Å²) in [5.41, 5.74) is 7.25. The molecule has 5 rings (SSSR count). The quantitative estimate of drug-likeness (QED) is 0.499. The molecule has 0 amide bonds. The highest BCUT2D eigenvalue weighted by atomic mass is 15.3. The molecule has 168 valence electrons. The molecule has 0 atom stereocenters. The Bertz CT molecular complexity index is 1220. The second-order valence-electron chi connectivity index (χ2n) is 8.66. The van der Waals surface area contributed by atoms with Crippen LogP contribution >= 0.6 is 0 Å². The molecule has 7 heteroatoms. The Morgan fingerprint density at radius 2 is 1.58 bits per heavy atom. The molecule has 4 aromatic rings. The van der Waals surface area contributed by atoms with Gasteiger partial charge in [0.2, 0.25) is 5.95 Å². The van der Waals surface area contributed by atoms with Crippen LogP contribution in [0.4, 0.5) is 17.3 Å². The third-order valence-electron chi connectivity index (χ3n) is 6.08. The van der Waals surface area contributed by atoms with Gasteiger partial charge in [-0.05, 0) is 44.3 Å². The largest absolute Gasteiger partial charge is 0.369 e. The molecule has 0 unspecified atom stereocenters. The first-order valence-electron chi connectivity index (χ1n) is 11.3. The number of aromatic nitrogens is 4. The van der Waals surface area contributed by atoms with Crippen molar-refractivity contribution in [3.05, 3.63) is 72.6 Å². The Balaban J connectivity index is 1.36. The zero-order valence-electron chi connectivity index (χ0n) is 19.4. The first kappa shape index (κ1) is 21.2. The lowest BCUT2D eigenvalue weighted by Gasteiger charge is -2.34. The molecule has 0 saturated carbocycles. The number of benzene rings is 2. The molecule has 0 bridgehead atoms. The Kier molecular flexibility index (Phi) is 5.79. The molecule has 1 aliphatic heterocycles. The molecule has 1 saturated heterocycles. The maximum absolute atomic E-state index is 4.78. The summed E-state index contributed by atoms with van der Waals surface area (Å²) in [5, 5.41) is 8.04. The van der Waals surface area contributed by atoms with Gasteiger partial charge in [0.15, 0.2) is 0 Å². The summed E-state index contributed by atoms with van der Waals surface area (Å²) in [6.45, 7) is 6.40. The Morgan fingerprint density at radius 1 is 0.848 bits per heavy atom. The smallest absolute Gasteiger partial charge is 0.227 e. The minimum atomic E-state index is 0.568. The van der Waals surface area contributed by atoms with E-state index in [0.29, 0.717) is 5.95 Å². The molecule has 0 aliphatic carbocycles. The summed E-state index contributed by atoms with van der Waals surface area (Å²) in [6.07, 6.45) is 3.79. The van der Waals surface area contributed by atoms with Crippen LogP contribution < -0.4 is 10.2 Å². The number of piperazine rings is 1. The fourth-order valence-electron chi connectivity index (χ4n) is 4.12. The Morgan fingerprint density at radius 3 is 2.30 bits per heavy atom. The minimum absolute atomic E-state index is 0.568. The third-order valence-corrected chi connectivity index (χ3v) is 6.08. The zero-order chi connectivity index (χ0) is 22.8. The summed E-state index contributed by atoms with van der Waals surface area (Å²) >= 11 is 0. The van der Waals surface area contributed by atoms with Crippen LogP contribution in [0.3, 0.4) is 0 Å².